The molecule has 0 amide bonds. The first-order valence-corrected chi connectivity index (χ1v) is 7.00. The first kappa shape index (κ1) is 16.2. The maximum Gasteiger partial charge on any atom is 0.308 e. The van der Waals surface area contributed by atoms with Gasteiger partial charge in [-0.15, -0.1) is 0 Å². The van der Waals surface area contributed by atoms with Crippen molar-refractivity contribution in [1.82, 2.24) is 0 Å². The SMILES string of the molecule is CCCc1cc(OC(C)=O)cc(CCC)c1OC(C)=O. The molecule has 110 valence electrons. The summed E-state index contributed by atoms with van der Waals surface area (Å²) in [6, 6.07) is 3.56. The number of carbonyl (C=O) groups excluding carboxylic acids is 2. The monoisotopic (exact) mass is 278 g/mol. The third kappa shape index (κ3) is 4.68. The van der Waals surface area contributed by atoms with Crippen molar-refractivity contribution in [2.24, 2.45) is 0 Å². The molecule has 0 aliphatic carbocycles. The molecule has 0 aliphatic heterocycles. The zero-order valence-corrected chi connectivity index (χ0v) is 12.6. The molecule has 0 atom stereocenters. The van der Waals surface area contributed by atoms with E-state index in [-0.39, 0.29) is 11.9 Å². The van der Waals surface area contributed by atoms with E-state index in [1.165, 1.54) is 13.8 Å². The van der Waals surface area contributed by atoms with Crippen LogP contribution in [-0.2, 0) is 22.4 Å². The first-order chi connectivity index (χ1) is 9.47. The second-order valence-corrected chi connectivity index (χ2v) is 4.76. The molecule has 0 radical (unpaired) electrons. The van der Waals surface area contributed by atoms with E-state index in [4.69, 9.17) is 9.47 Å². The summed E-state index contributed by atoms with van der Waals surface area (Å²) in [5.74, 6) is 0.451. The predicted octanol–water partition coefficient (Wildman–Crippen LogP) is 3.44. The third-order valence-electron chi connectivity index (χ3n) is 2.76. The summed E-state index contributed by atoms with van der Waals surface area (Å²) in [4.78, 5) is 22.4. The Bertz CT molecular complexity index is 464. The summed E-state index contributed by atoms with van der Waals surface area (Å²) in [7, 11) is 0. The van der Waals surface area contributed by atoms with Crippen molar-refractivity contribution >= 4 is 11.9 Å². The second kappa shape index (κ2) is 7.68. The van der Waals surface area contributed by atoms with E-state index in [0.29, 0.717) is 11.5 Å². The summed E-state index contributed by atoms with van der Waals surface area (Å²) in [5, 5.41) is 0. The van der Waals surface area contributed by atoms with Gasteiger partial charge in [-0.1, -0.05) is 26.7 Å². The van der Waals surface area contributed by atoms with E-state index in [1.54, 1.807) is 12.1 Å². The summed E-state index contributed by atoms with van der Waals surface area (Å²) in [6.07, 6.45) is 3.38. The van der Waals surface area contributed by atoms with Gasteiger partial charge in [0.05, 0.1) is 0 Å². The van der Waals surface area contributed by atoms with Crippen LogP contribution in [0.25, 0.3) is 0 Å². The number of ether oxygens (including phenoxy) is 2. The molecule has 4 heteroatoms. The number of aryl methyl sites for hydroxylation is 2. The van der Waals surface area contributed by atoms with Crippen LogP contribution in [0.2, 0.25) is 0 Å². The lowest BCUT2D eigenvalue weighted by Crippen LogP contribution is -2.09. The zero-order valence-electron chi connectivity index (χ0n) is 12.6. The third-order valence-corrected chi connectivity index (χ3v) is 2.76. The van der Waals surface area contributed by atoms with Crippen molar-refractivity contribution in [2.45, 2.75) is 53.4 Å². The quantitative estimate of drug-likeness (QED) is 0.591. The largest absolute Gasteiger partial charge is 0.427 e. The highest BCUT2D eigenvalue weighted by Crippen LogP contribution is 2.32. The van der Waals surface area contributed by atoms with Crippen LogP contribution >= 0.6 is 0 Å². The second-order valence-electron chi connectivity index (χ2n) is 4.76. The van der Waals surface area contributed by atoms with Gasteiger partial charge in [-0.05, 0) is 36.1 Å². The van der Waals surface area contributed by atoms with Crippen LogP contribution in [0, 0.1) is 0 Å². The summed E-state index contributed by atoms with van der Waals surface area (Å²) in [6.45, 7) is 6.87. The van der Waals surface area contributed by atoms with Gasteiger partial charge in [0, 0.05) is 13.8 Å². The summed E-state index contributed by atoms with van der Waals surface area (Å²) >= 11 is 0. The minimum Gasteiger partial charge on any atom is -0.427 e. The number of esters is 2. The van der Waals surface area contributed by atoms with Gasteiger partial charge in [0.1, 0.15) is 11.5 Å². The van der Waals surface area contributed by atoms with E-state index >= 15 is 0 Å². The molecule has 0 unspecified atom stereocenters. The van der Waals surface area contributed by atoms with Crippen LogP contribution in [0.5, 0.6) is 11.5 Å². The highest BCUT2D eigenvalue weighted by Gasteiger charge is 2.15. The molecule has 0 fully saturated rings. The molecule has 4 nitrogen and oxygen atoms in total. The van der Waals surface area contributed by atoms with E-state index in [9.17, 15) is 9.59 Å². The van der Waals surface area contributed by atoms with Gasteiger partial charge in [0.15, 0.2) is 0 Å². The van der Waals surface area contributed by atoms with Crippen LogP contribution in [0.15, 0.2) is 12.1 Å². The van der Waals surface area contributed by atoms with Crippen molar-refractivity contribution in [3.8, 4) is 11.5 Å². The number of hydrogen-bond acceptors (Lipinski definition) is 4. The van der Waals surface area contributed by atoms with Gasteiger partial charge >= 0.3 is 11.9 Å². The molecule has 0 aromatic heterocycles. The maximum absolute atomic E-state index is 11.3. The average Bonchev–Trinajstić information content (AvgIpc) is 2.33. The lowest BCUT2D eigenvalue weighted by Gasteiger charge is -2.15. The minimum atomic E-state index is -0.352. The number of carbonyl (C=O) groups is 2. The summed E-state index contributed by atoms with van der Waals surface area (Å²) < 4.78 is 10.5. The number of hydrogen-bond donors (Lipinski definition) is 0. The van der Waals surface area contributed by atoms with Gasteiger partial charge in [-0.3, -0.25) is 9.59 Å². The topological polar surface area (TPSA) is 52.6 Å². The Morgan fingerprint density at radius 3 is 1.70 bits per heavy atom. The van der Waals surface area contributed by atoms with Gasteiger partial charge in [-0.25, -0.2) is 0 Å². The van der Waals surface area contributed by atoms with E-state index < -0.39 is 0 Å². The molecule has 1 rings (SSSR count). The highest BCUT2D eigenvalue weighted by atomic mass is 16.5. The smallest absolute Gasteiger partial charge is 0.308 e. The molecule has 0 saturated carbocycles. The van der Waals surface area contributed by atoms with E-state index in [2.05, 4.69) is 13.8 Å². The Hall–Kier alpha value is -1.84. The Labute approximate surface area is 120 Å². The van der Waals surface area contributed by atoms with E-state index in [1.807, 2.05) is 0 Å². The van der Waals surface area contributed by atoms with E-state index in [0.717, 1.165) is 36.8 Å². The van der Waals surface area contributed by atoms with Crippen molar-refractivity contribution < 1.29 is 19.1 Å². The molecule has 0 N–H and O–H groups in total. The Morgan fingerprint density at radius 1 is 0.900 bits per heavy atom. The number of benzene rings is 1. The lowest BCUT2D eigenvalue weighted by molar-refractivity contribution is -0.133. The minimum absolute atomic E-state index is 0.333. The van der Waals surface area contributed by atoms with Crippen molar-refractivity contribution in [3.63, 3.8) is 0 Å². The molecule has 1 aromatic carbocycles. The van der Waals surface area contributed by atoms with Crippen molar-refractivity contribution in [1.29, 1.82) is 0 Å². The molecular formula is C16H22O4. The molecule has 0 heterocycles. The normalized spacial score (nSPS) is 10.2. The van der Waals surface area contributed by atoms with Gasteiger partial charge in [0.25, 0.3) is 0 Å². The molecule has 0 bridgehead atoms. The molecule has 20 heavy (non-hydrogen) atoms. The maximum atomic E-state index is 11.3. The molecular weight excluding hydrogens is 256 g/mol. The standard InChI is InChI=1S/C16H22O4/c1-5-7-13-9-15(19-11(3)17)10-14(8-6-2)16(13)20-12(4)18/h9-10H,5-8H2,1-4H3. The predicted molar refractivity (Wildman–Crippen MR) is 77.1 cm³/mol. The molecule has 0 spiro atoms. The molecule has 1 aromatic rings. The number of rotatable bonds is 6. The first-order valence-electron chi connectivity index (χ1n) is 7.00. The van der Waals surface area contributed by atoms with Gasteiger partial charge < -0.3 is 9.47 Å². The Morgan fingerprint density at radius 2 is 1.35 bits per heavy atom. The van der Waals surface area contributed by atoms with Crippen LogP contribution in [0.1, 0.15) is 51.7 Å². The van der Waals surface area contributed by atoms with Crippen LogP contribution in [0.4, 0.5) is 0 Å². The fourth-order valence-corrected chi connectivity index (χ4v) is 2.13. The van der Waals surface area contributed by atoms with Crippen LogP contribution in [0.3, 0.4) is 0 Å². The fourth-order valence-electron chi connectivity index (χ4n) is 2.13. The zero-order chi connectivity index (χ0) is 15.1. The fraction of sp³-hybridized carbons (Fsp3) is 0.500. The van der Waals surface area contributed by atoms with Crippen molar-refractivity contribution in [2.75, 3.05) is 0 Å². The molecule has 0 saturated heterocycles. The van der Waals surface area contributed by atoms with Gasteiger partial charge in [-0.2, -0.15) is 0 Å². The lowest BCUT2D eigenvalue weighted by atomic mass is 10.0. The van der Waals surface area contributed by atoms with Gasteiger partial charge in [0.2, 0.25) is 0 Å². The molecule has 0 aliphatic rings. The average molecular weight is 278 g/mol. The Balaban J connectivity index is 3.28. The van der Waals surface area contributed by atoms with Crippen molar-refractivity contribution in [3.05, 3.63) is 23.3 Å². The van der Waals surface area contributed by atoms with Crippen LogP contribution < -0.4 is 9.47 Å². The Kier molecular flexibility index (Phi) is 6.22. The highest BCUT2D eigenvalue weighted by molar-refractivity contribution is 5.72. The van der Waals surface area contributed by atoms with Crippen LogP contribution in [-0.4, -0.2) is 11.9 Å². The summed E-state index contributed by atoms with van der Waals surface area (Å²) in [5.41, 5.74) is 1.81.